The molecule has 1 aromatic carbocycles. The molecule has 3 aliphatic heterocycles. The van der Waals surface area contributed by atoms with Gasteiger partial charge in [0.25, 0.3) is 5.91 Å². The number of aliphatic hydroxyl groups excluding tert-OH is 1. The number of para-hydroxylation sites is 1. The van der Waals surface area contributed by atoms with Crippen LogP contribution < -0.4 is 4.90 Å². The minimum atomic E-state index is -1.18. The normalized spacial score (nSPS) is 31.5. The number of likely N-dealkylation sites (tertiary alicyclic amines) is 1. The number of nitrogens with zero attached hydrogens (tertiary/aromatic N) is 2. The van der Waals surface area contributed by atoms with Gasteiger partial charge in [0, 0.05) is 23.6 Å². The summed E-state index contributed by atoms with van der Waals surface area (Å²) in [4.78, 5) is 43.7. The molecule has 1 aromatic rings. The van der Waals surface area contributed by atoms with Crippen LogP contribution in [0.2, 0.25) is 0 Å². The van der Waals surface area contributed by atoms with Gasteiger partial charge in [-0.25, -0.2) is 0 Å². The topological polar surface area (TPSA) is 96.4 Å². The summed E-state index contributed by atoms with van der Waals surface area (Å²) in [5.41, 5.74) is 1.41. The third-order valence-corrected chi connectivity index (χ3v) is 8.05. The van der Waals surface area contributed by atoms with E-state index in [-0.39, 0.29) is 42.9 Å². The number of esters is 1. The molecule has 184 valence electrons. The van der Waals surface area contributed by atoms with E-state index < -0.39 is 35.6 Å². The zero-order valence-corrected chi connectivity index (χ0v) is 21.3. The second kappa shape index (κ2) is 9.43. The summed E-state index contributed by atoms with van der Waals surface area (Å²) >= 11 is 3.62. The first-order valence-electron chi connectivity index (χ1n) is 11.6. The van der Waals surface area contributed by atoms with Crippen molar-refractivity contribution in [3.63, 3.8) is 0 Å². The first-order valence-corrected chi connectivity index (χ1v) is 12.5. The van der Waals surface area contributed by atoms with Gasteiger partial charge in [-0.3, -0.25) is 14.4 Å². The molecule has 3 aliphatic rings. The van der Waals surface area contributed by atoms with Crippen molar-refractivity contribution in [3.8, 4) is 0 Å². The molecule has 0 aliphatic carbocycles. The molecule has 1 spiro atoms. The minimum Gasteiger partial charge on any atom is -0.466 e. The molecule has 3 saturated heterocycles. The summed E-state index contributed by atoms with van der Waals surface area (Å²) in [6, 6.07) is 4.81. The Morgan fingerprint density at radius 2 is 2.06 bits per heavy atom. The van der Waals surface area contributed by atoms with Gasteiger partial charge in [-0.15, -0.1) is 6.58 Å². The molecule has 4 rings (SSSR count). The van der Waals surface area contributed by atoms with E-state index in [4.69, 9.17) is 9.47 Å². The highest BCUT2D eigenvalue weighted by atomic mass is 79.9. The Kier molecular flexibility index (Phi) is 6.90. The summed E-state index contributed by atoms with van der Waals surface area (Å²) in [7, 11) is 0. The number of carbonyl (C=O) groups is 3. The van der Waals surface area contributed by atoms with Crippen molar-refractivity contribution in [3.05, 3.63) is 42.0 Å². The van der Waals surface area contributed by atoms with E-state index in [0.29, 0.717) is 6.42 Å². The smallest absolute Gasteiger partial charge is 0.312 e. The van der Waals surface area contributed by atoms with E-state index >= 15 is 0 Å². The van der Waals surface area contributed by atoms with Gasteiger partial charge < -0.3 is 24.4 Å². The fraction of sp³-hybridized carbons (Fsp3) is 0.560. The van der Waals surface area contributed by atoms with Crippen LogP contribution in [0.4, 0.5) is 5.69 Å². The Hall–Kier alpha value is -2.23. The second-order valence-electron chi connectivity index (χ2n) is 9.15. The highest BCUT2D eigenvalue weighted by molar-refractivity contribution is 9.09. The van der Waals surface area contributed by atoms with Gasteiger partial charge in [-0.2, -0.15) is 0 Å². The predicted octanol–water partition coefficient (Wildman–Crippen LogP) is 2.13. The van der Waals surface area contributed by atoms with Crippen LogP contribution in [-0.2, 0) is 23.9 Å². The zero-order chi connectivity index (χ0) is 24.8. The van der Waals surface area contributed by atoms with Crippen molar-refractivity contribution in [2.45, 2.75) is 49.8 Å². The maximum Gasteiger partial charge on any atom is 0.312 e. The standard InChI is InChI=1S/C25H31BrN2O6/c1-5-10-27(19-14(3)8-7-9-15(19)4)23(31)21-25-13-16(26)20(34-25)17(24(32)33-6-2)18(25)22(30)28(21)11-12-29/h5,7-9,16-18,20-21,29H,1,6,10-13H2,2-4H3/t16?,17-,18+,20-,21?,25?/m1/s1. The largest absolute Gasteiger partial charge is 0.466 e. The van der Waals surface area contributed by atoms with Gasteiger partial charge in [0.05, 0.1) is 31.2 Å². The second-order valence-corrected chi connectivity index (χ2v) is 10.3. The molecule has 34 heavy (non-hydrogen) atoms. The van der Waals surface area contributed by atoms with E-state index in [2.05, 4.69) is 22.5 Å². The molecule has 0 saturated carbocycles. The number of hydrogen-bond donors (Lipinski definition) is 1. The lowest BCUT2D eigenvalue weighted by Gasteiger charge is -2.37. The lowest BCUT2D eigenvalue weighted by atomic mass is 9.70. The number of amides is 2. The van der Waals surface area contributed by atoms with Crippen molar-refractivity contribution < 1.29 is 29.0 Å². The number of β-amino-alcohol motifs (C(OH)–C–C–N with tert-alkyl or cyclic N) is 1. The minimum absolute atomic E-state index is 0.0291. The fourth-order valence-electron chi connectivity index (χ4n) is 6.06. The number of ether oxygens (including phenoxy) is 2. The Bertz CT molecular complexity index is 995. The van der Waals surface area contributed by atoms with Gasteiger partial charge >= 0.3 is 5.97 Å². The van der Waals surface area contributed by atoms with Crippen LogP contribution in [0.25, 0.3) is 0 Å². The van der Waals surface area contributed by atoms with Gasteiger partial charge in [0.15, 0.2) is 0 Å². The number of halogens is 1. The van der Waals surface area contributed by atoms with Gasteiger partial charge in [-0.05, 0) is 38.3 Å². The van der Waals surface area contributed by atoms with Gasteiger partial charge in [-0.1, -0.05) is 40.2 Å². The number of carbonyl (C=O) groups excluding carboxylic acids is 3. The maximum absolute atomic E-state index is 14.3. The Morgan fingerprint density at radius 1 is 1.38 bits per heavy atom. The molecule has 0 radical (unpaired) electrons. The van der Waals surface area contributed by atoms with Crippen LogP contribution in [0.15, 0.2) is 30.9 Å². The van der Waals surface area contributed by atoms with Crippen molar-refractivity contribution in [2.24, 2.45) is 11.8 Å². The fourth-order valence-corrected chi connectivity index (χ4v) is 7.01. The first kappa shape index (κ1) is 24.9. The van der Waals surface area contributed by atoms with E-state index in [9.17, 15) is 19.5 Å². The monoisotopic (exact) mass is 534 g/mol. The number of hydrogen-bond acceptors (Lipinski definition) is 6. The van der Waals surface area contributed by atoms with Crippen molar-refractivity contribution >= 4 is 39.4 Å². The van der Waals surface area contributed by atoms with Crippen molar-refractivity contribution in [1.82, 2.24) is 4.90 Å². The van der Waals surface area contributed by atoms with Crippen LogP contribution in [0.3, 0.4) is 0 Å². The molecule has 9 heteroatoms. The summed E-state index contributed by atoms with van der Waals surface area (Å²) in [5, 5.41) is 9.76. The molecule has 8 nitrogen and oxygen atoms in total. The number of aryl methyl sites for hydroxylation is 2. The van der Waals surface area contributed by atoms with Crippen LogP contribution >= 0.6 is 15.9 Å². The Balaban J connectivity index is 1.82. The first-order chi connectivity index (χ1) is 16.2. The molecular formula is C25H31BrN2O6. The number of alkyl halides is 1. The third kappa shape index (κ3) is 3.60. The van der Waals surface area contributed by atoms with Crippen LogP contribution in [0.1, 0.15) is 24.5 Å². The molecule has 3 unspecified atom stereocenters. The van der Waals surface area contributed by atoms with Crippen molar-refractivity contribution in [1.29, 1.82) is 0 Å². The van der Waals surface area contributed by atoms with E-state index in [1.165, 1.54) is 4.90 Å². The predicted molar refractivity (Wildman–Crippen MR) is 130 cm³/mol. The van der Waals surface area contributed by atoms with Crippen molar-refractivity contribution in [2.75, 3.05) is 31.2 Å². The number of rotatable bonds is 8. The number of anilines is 1. The Labute approximate surface area is 208 Å². The van der Waals surface area contributed by atoms with E-state index in [1.54, 1.807) is 17.9 Å². The zero-order valence-electron chi connectivity index (χ0n) is 19.7. The highest BCUT2D eigenvalue weighted by Gasteiger charge is 2.77. The summed E-state index contributed by atoms with van der Waals surface area (Å²) < 4.78 is 11.7. The summed E-state index contributed by atoms with van der Waals surface area (Å²) in [6.45, 7) is 9.49. The average Bonchev–Trinajstić information content (AvgIpc) is 3.37. The highest BCUT2D eigenvalue weighted by Crippen LogP contribution is 2.60. The lowest BCUT2D eigenvalue weighted by Crippen LogP contribution is -2.57. The molecule has 0 aromatic heterocycles. The number of aliphatic hydroxyl groups is 1. The SMILES string of the molecule is C=CCN(C(=O)C1N(CCO)C(=O)[C@@H]2[C@@H](C(=O)OCC)[C@@H]3OC12CC3Br)c1c(C)cccc1C. The average molecular weight is 535 g/mol. The number of fused-ring (bicyclic) bond motifs is 1. The van der Waals surface area contributed by atoms with Crippen LogP contribution in [0, 0.1) is 25.7 Å². The number of benzene rings is 1. The van der Waals surface area contributed by atoms with Crippen LogP contribution in [0.5, 0.6) is 0 Å². The summed E-state index contributed by atoms with van der Waals surface area (Å²) in [6.07, 6.45) is 1.48. The molecule has 2 bridgehead atoms. The van der Waals surface area contributed by atoms with Gasteiger partial charge in [0.1, 0.15) is 11.6 Å². The summed E-state index contributed by atoms with van der Waals surface area (Å²) in [5.74, 6) is -2.81. The van der Waals surface area contributed by atoms with E-state index in [1.807, 2.05) is 32.0 Å². The molecule has 2 amide bonds. The quantitative estimate of drug-likeness (QED) is 0.311. The van der Waals surface area contributed by atoms with Crippen LogP contribution in [-0.4, -0.2) is 76.7 Å². The molecule has 6 atom stereocenters. The molecule has 3 fully saturated rings. The maximum atomic E-state index is 14.3. The van der Waals surface area contributed by atoms with Gasteiger partial charge in [0.2, 0.25) is 5.91 Å². The van der Waals surface area contributed by atoms with E-state index in [0.717, 1.165) is 16.8 Å². The molecule has 1 N–H and O–H groups in total. The third-order valence-electron chi connectivity index (χ3n) is 7.21. The Morgan fingerprint density at radius 3 is 2.65 bits per heavy atom. The lowest BCUT2D eigenvalue weighted by molar-refractivity contribution is -0.154. The molecular weight excluding hydrogens is 504 g/mol. The molecule has 3 heterocycles.